The summed E-state index contributed by atoms with van der Waals surface area (Å²) in [6.45, 7) is 1.59. The molecule has 0 bridgehead atoms. The van der Waals surface area contributed by atoms with Crippen LogP contribution < -0.4 is 11.2 Å². The second kappa shape index (κ2) is 4.88. The highest BCUT2D eigenvalue weighted by molar-refractivity contribution is 6.09. The number of aryl methyl sites for hydroxylation is 2. The number of rotatable bonds is 2. The minimum atomic E-state index is -0.665. The van der Waals surface area contributed by atoms with Gasteiger partial charge in [-0.3, -0.25) is 14.2 Å². The van der Waals surface area contributed by atoms with Crippen LogP contribution in [-0.2, 0) is 14.1 Å². The van der Waals surface area contributed by atoms with Gasteiger partial charge in [-0.2, -0.15) is 0 Å². The van der Waals surface area contributed by atoms with Crippen molar-refractivity contribution in [2.24, 2.45) is 14.1 Å². The molecule has 1 aromatic heterocycles. The molecule has 0 radical (unpaired) electrons. The van der Waals surface area contributed by atoms with Crippen LogP contribution in [0, 0.1) is 12.7 Å². The number of aromatic nitrogens is 2. The molecule has 1 aromatic carbocycles. The molecule has 0 spiro atoms. The smallest absolute Gasteiger partial charge is 0.303 e. The summed E-state index contributed by atoms with van der Waals surface area (Å²) in [5, 5.41) is 0. The van der Waals surface area contributed by atoms with Gasteiger partial charge in [0.25, 0.3) is 5.56 Å². The minimum Gasteiger partial charge on any atom is -0.303 e. The van der Waals surface area contributed by atoms with Crippen LogP contribution in [0.4, 0.5) is 4.39 Å². The lowest BCUT2D eigenvalue weighted by Gasteiger charge is -2.08. The van der Waals surface area contributed by atoms with E-state index in [9.17, 15) is 18.8 Å². The van der Waals surface area contributed by atoms with E-state index in [2.05, 4.69) is 0 Å². The predicted octanol–water partition coefficient (Wildman–Crippen LogP) is 0.763. The molecule has 0 saturated heterocycles. The molecule has 104 valence electrons. The van der Waals surface area contributed by atoms with Crippen molar-refractivity contribution in [3.05, 3.63) is 67.7 Å². The third kappa shape index (κ3) is 2.20. The molecule has 2 aromatic rings. The maximum atomic E-state index is 13.1. The van der Waals surface area contributed by atoms with Crippen molar-refractivity contribution in [2.75, 3.05) is 0 Å². The van der Waals surface area contributed by atoms with Crippen molar-refractivity contribution in [3.8, 4) is 0 Å². The van der Waals surface area contributed by atoms with Crippen LogP contribution in [0.1, 0.15) is 21.5 Å². The molecule has 0 aliphatic rings. The van der Waals surface area contributed by atoms with Crippen molar-refractivity contribution in [1.29, 1.82) is 0 Å². The Kier molecular flexibility index (Phi) is 3.40. The monoisotopic (exact) mass is 276 g/mol. The molecule has 0 aliphatic heterocycles. The Labute approximate surface area is 113 Å². The second-order valence-corrected chi connectivity index (χ2v) is 4.59. The highest BCUT2D eigenvalue weighted by Crippen LogP contribution is 2.13. The Morgan fingerprint density at radius 3 is 2.40 bits per heavy atom. The number of halogens is 1. The molecule has 0 saturated carbocycles. The average Bonchev–Trinajstić information content (AvgIpc) is 2.40. The van der Waals surface area contributed by atoms with E-state index in [-0.39, 0.29) is 11.1 Å². The van der Waals surface area contributed by atoms with Crippen LogP contribution in [0.2, 0.25) is 0 Å². The van der Waals surface area contributed by atoms with E-state index in [1.54, 1.807) is 6.92 Å². The zero-order valence-corrected chi connectivity index (χ0v) is 11.3. The topological polar surface area (TPSA) is 61.1 Å². The molecule has 20 heavy (non-hydrogen) atoms. The maximum Gasteiger partial charge on any atom is 0.330 e. The lowest BCUT2D eigenvalue weighted by atomic mass is 10.0. The predicted molar refractivity (Wildman–Crippen MR) is 71.5 cm³/mol. The van der Waals surface area contributed by atoms with Crippen LogP contribution in [-0.4, -0.2) is 14.9 Å². The molecular formula is C14H13FN2O3. The summed E-state index contributed by atoms with van der Waals surface area (Å²) < 4.78 is 15.1. The van der Waals surface area contributed by atoms with Gasteiger partial charge in [-0.1, -0.05) is 0 Å². The van der Waals surface area contributed by atoms with Gasteiger partial charge in [-0.05, 0) is 30.7 Å². The van der Waals surface area contributed by atoms with E-state index in [0.717, 1.165) is 15.2 Å². The molecule has 1 heterocycles. The standard InChI is InChI=1S/C14H13FN2O3/c1-8-6-9(15)4-5-10(8)12(18)11-7-16(2)14(20)17(3)13(11)19/h4-7H,1-3H3. The van der Waals surface area contributed by atoms with Gasteiger partial charge in [0.05, 0.1) is 0 Å². The average molecular weight is 276 g/mol. The first-order valence-electron chi connectivity index (χ1n) is 5.90. The zero-order chi connectivity index (χ0) is 15.0. The Morgan fingerprint density at radius 1 is 1.15 bits per heavy atom. The number of carbonyl (C=O) groups is 1. The van der Waals surface area contributed by atoms with E-state index < -0.39 is 22.8 Å². The van der Waals surface area contributed by atoms with Gasteiger partial charge in [-0.15, -0.1) is 0 Å². The van der Waals surface area contributed by atoms with Crippen LogP contribution >= 0.6 is 0 Å². The SMILES string of the molecule is Cc1cc(F)ccc1C(=O)c1cn(C)c(=O)n(C)c1=O. The van der Waals surface area contributed by atoms with E-state index in [4.69, 9.17) is 0 Å². The number of carbonyl (C=O) groups excluding carboxylic acids is 1. The Morgan fingerprint density at radius 2 is 1.80 bits per heavy atom. The summed E-state index contributed by atoms with van der Waals surface area (Å²) in [6.07, 6.45) is 1.20. The van der Waals surface area contributed by atoms with Gasteiger partial charge >= 0.3 is 5.69 Å². The van der Waals surface area contributed by atoms with Crippen LogP contribution in [0.25, 0.3) is 0 Å². The first-order chi connectivity index (χ1) is 9.32. The highest BCUT2D eigenvalue weighted by Gasteiger charge is 2.18. The largest absolute Gasteiger partial charge is 0.330 e. The van der Waals surface area contributed by atoms with Gasteiger partial charge in [0.1, 0.15) is 11.4 Å². The van der Waals surface area contributed by atoms with Crippen molar-refractivity contribution in [3.63, 3.8) is 0 Å². The summed E-state index contributed by atoms with van der Waals surface area (Å²) >= 11 is 0. The van der Waals surface area contributed by atoms with Crippen molar-refractivity contribution >= 4 is 5.78 Å². The molecule has 6 heteroatoms. The number of nitrogens with zero attached hydrogens (tertiary/aromatic N) is 2. The first-order valence-corrected chi connectivity index (χ1v) is 5.90. The van der Waals surface area contributed by atoms with Crippen molar-refractivity contribution < 1.29 is 9.18 Å². The van der Waals surface area contributed by atoms with E-state index in [0.29, 0.717) is 5.56 Å². The summed E-state index contributed by atoms with van der Waals surface area (Å²) in [6, 6.07) is 3.71. The molecule has 0 aliphatic carbocycles. The first kappa shape index (κ1) is 13.9. The van der Waals surface area contributed by atoms with Crippen LogP contribution in [0.15, 0.2) is 34.0 Å². The quantitative estimate of drug-likeness (QED) is 0.761. The molecule has 0 N–H and O–H groups in total. The van der Waals surface area contributed by atoms with Gasteiger partial charge in [-0.25, -0.2) is 9.18 Å². The van der Waals surface area contributed by atoms with Crippen LogP contribution in [0.5, 0.6) is 0 Å². The van der Waals surface area contributed by atoms with Crippen LogP contribution in [0.3, 0.4) is 0 Å². The van der Waals surface area contributed by atoms with Gasteiger partial charge in [0.15, 0.2) is 5.78 Å². The molecule has 0 amide bonds. The molecule has 0 fully saturated rings. The van der Waals surface area contributed by atoms with E-state index >= 15 is 0 Å². The van der Waals surface area contributed by atoms with Gasteiger partial charge in [0, 0.05) is 25.9 Å². The lowest BCUT2D eigenvalue weighted by molar-refractivity contribution is 0.103. The normalized spacial score (nSPS) is 10.6. The third-order valence-corrected chi connectivity index (χ3v) is 3.12. The van der Waals surface area contributed by atoms with Gasteiger partial charge < -0.3 is 4.57 Å². The van der Waals surface area contributed by atoms with Gasteiger partial charge in [0.2, 0.25) is 0 Å². The Bertz CT molecular complexity index is 818. The lowest BCUT2D eigenvalue weighted by Crippen LogP contribution is -2.39. The molecular weight excluding hydrogens is 263 g/mol. The number of hydrogen-bond donors (Lipinski definition) is 0. The fourth-order valence-electron chi connectivity index (χ4n) is 1.99. The van der Waals surface area contributed by atoms with E-state index in [1.807, 2.05) is 0 Å². The van der Waals surface area contributed by atoms with Crippen molar-refractivity contribution in [1.82, 2.24) is 9.13 Å². The fraction of sp³-hybridized carbons (Fsp3) is 0.214. The summed E-state index contributed by atoms with van der Waals surface area (Å²) in [5.74, 6) is -0.980. The Hall–Kier alpha value is -2.50. The summed E-state index contributed by atoms with van der Waals surface area (Å²) in [5.41, 5.74) is -0.624. The maximum absolute atomic E-state index is 13.1. The van der Waals surface area contributed by atoms with Crippen molar-refractivity contribution in [2.45, 2.75) is 6.92 Å². The zero-order valence-electron chi connectivity index (χ0n) is 11.3. The number of benzene rings is 1. The molecule has 0 unspecified atom stereocenters. The minimum absolute atomic E-state index is 0.121. The second-order valence-electron chi connectivity index (χ2n) is 4.59. The molecule has 2 rings (SSSR count). The summed E-state index contributed by atoms with van der Waals surface area (Å²) in [7, 11) is 2.76. The molecule has 0 atom stereocenters. The Balaban J connectivity index is 2.66. The number of ketones is 1. The highest BCUT2D eigenvalue weighted by atomic mass is 19.1. The third-order valence-electron chi connectivity index (χ3n) is 3.12. The molecule has 5 nitrogen and oxygen atoms in total. The number of hydrogen-bond acceptors (Lipinski definition) is 3. The van der Waals surface area contributed by atoms with E-state index in [1.165, 1.54) is 32.4 Å². The summed E-state index contributed by atoms with van der Waals surface area (Å²) in [4.78, 5) is 35.9. The fourth-order valence-corrected chi connectivity index (χ4v) is 1.99.